The Bertz CT molecular complexity index is 107. The molecule has 1 unspecified atom stereocenters. The van der Waals surface area contributed by atoms with Crippen LogP contribution < -0.4 is 5.32 Å². The molecule has 2 N–H and O–H groups in total. The van der Waals surface area contributed by atoms with E-state index in [-0.39, 0.29) is 0 Å². The lowest BCUT2D eigenvalue weighted by molar-refractivity contribution is -0.0732. The summed E-state index contributed by atoms with van der Waals surface area (Å²) in [6.45, 7) is -0.127. The molecule has 1 fully saturated rings. The van der Waals surface area contributed by atoms with Gasteiger partial charge in [-0.05, 0) is 6.42 Å². The summed E-state index contributed by atoms with van der Waals surface area (Å²) >= 11 is 0. The van der Waals surface area contributed by atoms with Crippen molar-refractivity contribution in [3.8, 4) is 0 Å². The summed E-state index contributed by atoms with van der Waals surface area (Å²) < 4.78 is 24.7. The molecule has 0 saturated carbocycles. The summed E-state index contributed by atoms with van der Waals surface area (Å²) in [5.41, 5.74) is 0. The second-order valence-electron chi connectivity index (χ2n) is 2.22. The normalized spacial score (nSPS) is 33.0. The summed E-state index contributed by atoms with van der Waals surface area (Å²) in [5, 5.41) is 10.4. The maximum Gasteiger partial charge on any atom is 0.307 e. The number of alkyl halides is 2. The van der Waals surface area contributed by atoms with Crippen molar-refractivity contribution in [1.29, 1.82) is 0 Å². The lowest BCUT2D eigenvalue weighted by Crippen LogP contribution is -2.36. The number of aliphatic hydroxyl groups is 1. The fourth-order valence-corrected chi connectivity index (χ4v) is 0.945. The van der Waals surface area contributed by atoms with Crippen LogP contribution in [0.4, 0.5) is 8.78 Å². The molecule has 1 rings (SSSR count). The van der Waals surface area contributed by atoms with E-state index in [0.717, 1.165) is 0 Å². The van der Waals surface area contributed by atoms with Gasteiger partial charge in [0.15, 0.2) is 0 Å². The van der Waals surface area contributed by atoms with Crippen LogP contribution in [0.25, 0.3) is 0 Å². The van der Waals surface area contributed by atoms with Crippen LogP contribution in [0.5, 0.6) is 0 Å². The highest BCUT2D eigenvalue weighted by atomic mass is 19.3. The van der Waals surface area contributed by atoms with E-state index in [1.807, 2.05) is 5.32 Å². The summed E-state index contributed by atoms with van der Waals surface area (Å²) in [5.74, 6) is -0.877. The molecule has 2 nitrogen and oxygen atoms in total. The Morgan fingerprint density at radius 1 is 1.67 bits per heavy atom. The van der Waals surface area contributed by atoms with Crippen LogP contribution in [0.15, 0.2) is 0 Å². The minimum absolute atomic E-state index is 0.304. The zero-order valence-electron chi connectivity index (χ0n) is 4.90. The molecule has 0 amide bonds. The molecule has 0 aromatic heterocycles. The number of halogens is 2. The minimum Gasteiger partial charge on any atom is -0.396 e. The first kappa shape index (κ1) is 6.89. The lowest BCUT2D eigenvalue weighted by Gasteiger charge is -2.15. The van der Waals surface area contributed by atoms with Gasteiger partial charge in [-0.3, -0.25) is 5.32 Å². The third-order valence-corrected chi connectivity index (χ3v) is 1.59. The van der Waals surface area contributed by atoms with E-state index < -0.39 is 18.6 Å². The highest BCUT2D eigenvalue weighted by Gasteiger charge is 2.42. The third-order valence-electron chi connectivity index (χ3n) is 1.59. The Labute approximate surface area is 51.9 Å². The monoisotopic (exact) mass is 137 g/mol. The quantitative estimate of drug-likeness (QED) is 0.505. The van der Waals surface area contributed by atoms with Gasteiger partial charge in [0, 0.05) is 6.54 Å². The predicted molar refractivity (Wildman–Crippen MR) is 28.1 cm³/mol. The van der Waals surface area contributed by atoms with Crippen molar-refractivity contribution < 1.29 is 13.9 Å². The van der Waals surface area contributed by atoms with Crippen LogP contribution in [0.1, 0.15) is 6.42 Å². The van der Waals surface area contributed by atoms with Gasteiger partial charge in [0.2, 0.25) is 0 Å². The molecule has 0 aromatic rings. The first-order chi connectivity index (χ1) is 4.17. The molecule has 1 aliphatic rings. The molecule has 4 heteroatoms. The number of aliphatic hydroxyl groups excluding tert-OH is 1. The molecule has 0 radical (unpaired) electrons. The molecule has 54 valence electrons. The molecular formula is C5H9F2NO. The van der Waals surface area contributed by atoms with E-state index in [2.05, 4.69) is 0 Å². The summed E-state index contributed by atoms with van der Waals surface area (Å²) in [4.78, 5) is 0. The van der Waals surface area contributed by atoms with Crippen molar-refractivity contribution in [1.82, 2.24) is 5.32 Å². The second kappa shape index (κ2) is 2.19. The topological polar surface area (TPSA) is 32.3 Å². The number of nitrogens with one attached hydrogen (secondary N) is 1. The predicted octanol–water partition coefficient (Wildman–Crippen LogP) is 0.181. The fourth-order valence-electron chi connectivity index (χ4n) is 0.945. The largest absolute Gasteiger partial charge is 0.396 e. The molecule has 0 aromatic carbocycles. The third kappa shape index (κ3) is 1.19. The molecule has 9 heavy (non-hydrogen) atoms. The molecule has 0 spiro atoms. The summed E-state index contributed by atoms with van der Waals surface area (Å²) in [7, 11) is 0. The molecule has 0 aliphatic carbocycles. The Morgan fingerprint density at radius 2 is 2.33 bits per heavy atom. The van der Waals surface area contributed by atoms with E-state index >= 15 is 0 Å². The fraction of sp³-hybridized carbons (Fsp3) is 1.00. The van der Waals surface area contributed by atoms with E-state index in [1.54, 1.807) is 0 Å². The first-order valence-electron chi connectivity index (χ1n) is 2.90. The number of hydrogen-bond acceptors (Lipinski definition) is 2. The molecule has 1 atom stereocenters. The Kier molecular flexibility index (Phi) is 1.68. The van der Waals surface area contributed by atoms with Gasteiger partial charge in [-0.15, -0.1) is 0 Å². The van der Waals surface area contributed by atoms with Crippen LogP contribution in [-0.4, -0.2) is 24.3 Å². The van der Waals surface area contributed by atoms with Gasteiger partial charge in [-0.1, -0.05) is 0 Å². The van der Waals surface area contributed by atoms with Gasteiger partial charge in [0.1, 0.15) is 0 Å². The maximum atomic E-state index is 12.3. The smallest absolute Gasteiger partial charge is 0.307 e. The van der Waals surface area contributed by atoms with Crippen LogP contribution in [0.2, 0.25) is 0 Å². The number of rotatable bonds is 1. The van der Waals surface area contributed by atoms with Gasteiger partial charge < -0.3 is 5.11 Å². The molecule has 0 bridgehead atoms. The maximum absolute atomic E-state index is 12.3. The van der Waals surface area contributed by atoms with Crippen molar-refractivity contribution >= 4 is 0 Å². The van der Waals surface area contributed by atoms with Crippen LogP contribution in [0, 0.1) is 5.92 Å². The zero-order valence-corrected chi connectivity index (χ0v) is 4.90. The van der Waals surface area contributed by atoms with Crippen molar-refractivity contribution in [2.45, 2.75) is 12.5 Å². The SMILES string of the molecule is OCC1CCNC1(F)F. The van der Waals surface area contributed by atoms with E-state index in [0.29, 0.717) is 13.0 Å². The van der Waals surface area contributed by atoms with E-state index in [9.17, 15) is 8.78 Å². The highest BCUT2D eigenvalue weighted by Crippen LogP contribution is 2.28. The average molecular weight is 137 g/mol. The highest BCUT2D eigenvalue weighted by molar-refractivity contribution is 4.81. The minimum atomic E-state index is -2.84. The molecule has 1 heterocycles. The Balaban J connectivity index is 2.52. The van der Waals surface area contributed by atoms with E-state index in [4.69, 9.17) is 5.11 Å². The van der Waals surface area contributed by atoms with Crippen molar-refractivity contribution in [3.63, 3.8) is 0 Å². The van der Waals surface area contributed by atoms with Gasteiger partial charge in [0.05, 0.1) is 12.5 Å². The van der Waals surface area contributed by atoms with E-state index in [1.165, 1.54) is 0 Å². The van der Waals surface area contributed by atoms with Crippen LogP contribution in [0.3, 0.4) is 0 Å². The molecular weight excluding hydrogens is 128 g/mol. The Morgan fingerprint density at radius 3 is 2.56 bits per heavy atom. The standard InChI is InChI=1S/C5H9F2NO/c6-5(7)4(3-9)1-2-8-5/h4,8-9H,1-3H2. The molecule has 1 saturated heterocycles. The van der Waals surface area contributed by atoms with Gasteiger partial charge in [-0.25, -0.2) is 0 Å². The second-order valence-corrected chi connectivity index (χ2v) is 2.22. The lowest BCUT2D eigenvalue weighted by atomic mass is 10.1. The van der Waals surface area contributed by atoms with Crippen LogP contribution >= 0.6 is 0 Å². The Hall–Kier alpha value is -0.220. The average Bonchev–Trinajstić information content (AvgIpc) is 2.08. The zero-order chi connectivity index (χ0) is 6.91. The van der Waals surface area contributed by atoms with Gasteiger partial charge in [0.25, 0.3) is 0 Å². The summed E-state index contributed by atoms with van der Waals surface area (Å²) in [6, 6.07) is -2.84. The number of hydrogen-bond donors (Lipinski definition) is 2. The van der Waals surface area contributed by atoms with Crippen molar-refractivity contribution in [2.24, 2.45) is 5.92 Å². The van der Waals surface area contributed by atoms with Gasteiger partial charge >= 0.3 is 6.05 Å². The van der Waals surface area contributed by atoms with Crippen molar-refractivity contribution in [3.05, 3.63) is 0 Å². The van der Waals surface area contributed by atoms with Crippen molar-refractivity contribution in [2.75, 3.05) is 13.2 Å². The van der Waals surface area contributed by atoms with Crippen LogP contribution in [-0.2, 0) is 0 Å². The molecule has 1 aliphatic heterocycles. The summed E-state index contributed by atoms with van der Waals surface area (Å²) in [6.07, 6.45) is 0.365. The first-order valence-corrected chi connectivity index (χ1v) is 2.90. The van der Waals surface area contributed by atoms with Gasteiger partial charge in [-0.2, -0.15) is 8.78 Å².